The van der Waals surface area contributed by atoms with Gasteiger partial charge in [0.05, 0.1) is 22.7 Å². The van der Waals surface area contributed by atoms with Gasteiger partial charge in [-0.2, -0.15) is 18.3 Å². The Hall–Kier alpha value is -2.13. The van der Waals surface area contributed by atoms with Crippen LogP contribution in [0.15, 0.2) is 23.3 Å². The minimum Gasteiger partial charge on any atom is -0.375 e. The van der Waals surface area contributed by atoms with E-state index < -0.39 is 23.6 Å². The maximum atomic E-state index is 12.7. The number of nitrogens with zero attached hydrogens (tertiary/aromatic N) is 1. The Bertz CT molecular complexity index is 648. The highest BCUT2D eigenvalue weighted by molar-refractivity contribution is 6.33. The van der Waals surface area contributed by atoms with Crippen LogP contribution in [0.3, 0.4) is 0 Å². The molecular weight excluding hydrogens is 351 g/mol. The average molecular weight is 366 g/mol. The summed E-state index contributed by atoms with van der Waals surface area (Å²) in [5.41, 5.74) is 1.32. The Morgan fingerprint density at radius 1 is 1.29 bits per heavy atom. The SMILES string of the molecule is COCC(=O)N/N=C(/C)CC(=O)Nc1cc(C(F)(F)F)ccc1Cl. The smallest absolute Gasteiger partial charge is 0.375 e. The fourth-order valence-corrected chi connectivity index (χ4v) is 1.75. The molecule has 1 rings (SSSR count). The lowest BCUT2D eigenvalue weighted by Gasteiger charge is -2.11. The topological polar surface area (TPSA) is 79.8 Å². The van der Waals surface area contributed by atoms with Gasteiger partial charge in [0.1, 0.15) is 6.61 Å². The molecular formula is C14H15ClF3N3O3. The third-order valence-corrected chi connectivity index (χ3v) is 2.96. The second-order valence-electron chi connectivity index (χ2n) is 4.73. The molecule has 0 spiro atoms. The van der Waals surface area contributed by atoms with Gasteiger partial charge in [-0.05, 0) is 25.1 Å². The zero-order valence-corrected chi connectivity index (χ0v) is 13.6. The highest BCUT2D eigenvalue weighted by atomic mass is 35.5. The maximum absolute atomic E-state index is 12.7. The Labute approximate surface area is 141 Å². The molecule has 2 amide bonds. The zero-order valence-electron chi connectivity index (χ0n) is 12.8. The number of hydrogen-bond donors (Lipinski definition) is 2. The molecule has 0 saturated heterocycles. The number of nitrogens with one attached hydrogen (secondary N) is 2. The van der Waals surface area contributed by atoms with E-state index in [0.29, 0.717) is 0 Å². The summed E-state index contributed by atoms with van der Waals surface area (Å²) in [6.07, 6.45) is -4.78. The van der Waals surface area contributed by atoms with Crippen molar-refractivity contribution in [3.05, 3.63) is 28.8 Å². The molecule has 2 N–H and O–H groups in total. The lowest BCUT2D eigenvalue weighted by molar-refractivity contribution is -0.137. The molecule has 0 heterocycles. The highest BCUT2D eigenvalue weighted by Gasteiger charge is 2.31. The van der Waals surface area contributed by atoms with E-state index >= 15 is 0 Å². The number of halogens is 4. The number of carbonyl (C=O) groups excluding carboxylic acids is 2. The van der Waals surface area contributed by atoms with Crippen molar-refractivity contribution >= 4 is 34.8 Å². The summed E-state index contributed by atoms with van der Waals surface area (Å²) in [7, 11) is 1.34. The summed E-state index contributed by atoms with van der Waals surface area (Å²) in [6.45, 7) is 1.28. The van der Waals surface area contributed by atoms with Crippen LogP contribution in [0, 0.1) is 0 Å². The molecule has 0 radical (unpaired) electrons. The molecule has 0 aromatic heterocycles. The van der Waals surface area contributed by atoms with Crippen LogP contribution in [0.4, 0.5) is 18.9 Å². The van der Waals surface area contributed by atoms with E-state index in [-0.39, 0.29) is 29.4 Å². The molecule has 0 aliphatic rings. The van der Waals surface area contributed by atoms with E-state index in [1.807, 2.05) is 0 Å². The van der Waals surface area contributed by atoms with Crippen molar-refractivity contribution < 1.29 is 27.5 Å². The van der Waals surface area contributed by atoms with E-state index in [4.69, 9.17) is 11.6 Å². The third-order valence-electron chi connectivity index (χ3n) is 2.63. The number of rotatable bonds is 6. The molecule has 1 aromatic carbocycles. The fourth-order valence-electron chi connectivity index (χ4n) is 1.58. The first kappa shape index (κ1) is 19.9. The van der Waals surface area contributed by atoms with Gasteiger partial charge in [0.15, 0.2) is 0 Å². The van der Waals surface area contributed by atoms with Gasteiger partial charge in [0.2, 0.25) is 5.91 Å². The molecule has 0 atom stereocenters. The number of hydrogen-bond acceptors (Lipinski definition) is 4. The maximum Gasteiger partial charge on any atom is 0.416 e. The zero-order chi connectivity index (χ0) is 18.3. The Balaban J connectivity index is 2.71. The number of hydrazone groups is 1. The van der Waals surface area contributed by atoms with Gasteiger partial charge in [0, 0.05) is 12.8 Å². The number of alkyl halides is 3. The molecule has 6 nitrogen and oxygen atoms in total. The summed E-state index contributed by atoms with van der Waals surface area (Å²) in [5, 5.41) is 5.92. The number of carbonyl (C=O) groups is 2. The van der Waals surface area contributed by atoms with E-state index in [2.05, 4.69) is 20.6 Å². The predicted molar refractivity (Wildman–Crippen MR) is 82.8 cm³/mol. The molecule has 0 saturated carbocycles. The second kappa shape index (κ2) is 8.65. The number of amides is 2. The molecule has 0 bridgehead atoms. The first-order valence-electron chi connectivity index (χ1n) is 6.61. The number of benzene rings is 1. The third kappa shape index (κ3) is 6.55. The van der Waals surface area contributed by atoms with Crippen LogP contribution in [0.25, 0.3) is 0 Å². The van der Waals surface area contributed by atoms with Crippen LogP contribution in [0.1, 0.15) is 18.9 Å². The minimum atomic E-state index is -4.55. The molecule has 10 heteroatoms. The fraction of sp³-hybridized carbons (Fsp3) is 0.357. The van der Waals surface area contributed by atoms with Crippen molar-refractivity contribution in [1.29, 1.82) is 0 Å². The van der Waals surface area contributed by atoms with Crippen LogP contribution in [-0.2, 0) is 20.5 Å². The summed E-state index contributed by atoms with van der Waals surface area (Å²) >= 11 is 5.78. The largest absolute Gasteiger partial charge is 0.416 e. The Morgan fingerprint density at radius 2 is 1.96 bits per heavy atom. The van der Waals surface area contributed by atoms with Crippen LogP contribution >= 0.6 is 11.6 Å². The average Bonchev–Trinajstić information content (AvgIpc) is 2.46. The van der Waals surface area contributed by atoms with Gasteiger partial charge in [-0.15, -0.1) is 0 Å². The van der Waals surface area contributed by atoms with Crippen molar-refractivity contribution in [1.82, 2.24) is 5.43 Å². The van der Waals surface area contributed by atoms with Gasteiger partial charge in [-0.1, -0.05) is 11.6 Å². The van der Waals surface area contributed by atoms with Gasteiger partial charge < -0.3 is 10.1 Å². The number of anilines is 1. The lowest BCUT2D eigenvalue weighted by atomic mass is 10.2. The second-order valence-corrected chi connectivity index (χ2v) is 5.14. The minimum absolute atomic E-state index is 0.0284. The number of methoxy groups -OCH3 is 1. The first-order chi connectivity index (χ1) is 11.1. The van der Waals surface area contributed by atoms with E-state index in [1.54, 1.807) is 0 Å². The van der Waals surface area contributed by atoms with E-state index in [1.165, 1.54) is 14.0 Å². The van der Waals surface area contributed by atoms with Crippen LogP contribution in [0.5, 0.6) is 0 Å². The molecule has 0 fully saturated rings. The first-order valence-corrected chi connectivity index (χ1v) is 6.98. The molecule has 0 aliphatic carbocycles. The van der Waals surface area contributed by atoms with E-state index in [9.17, 15) is 22.8 Å². The van der Waals surface area contributed by atoms with Gasteiger partial charge in [-0.25, -0.2) is 5.43 Å². The number of ether oxygens (including phenoxy) is 1. The Kier molecular flexibility index (Phi) is 7.18. The van der Waals surface area contributed by atoms with Crippen molar-refractivity contribution in [2.24, 2.45) is 5.10 Å². The summed E-state index contributed by atoms with van der Waals surface area (Å²) in [6, 6.07) is 2.61. The molecule has 24 heavy (non-hydrogen) atoms. The van der Waals surface area contributed by atoms with Gasteiger partial charge in [-0.3, -0.25) is 9.59 Å². The van der Waals surface area contributed by atoms with Crippen LogP contribution in [0.2, 0.25) is 5.02 Å². The van der Waals surface area contributed by atoms with Crippen LogP contribution < -0.4 is 10.7 Å². The van der Waals surface area contributed by atoms with Gasteiger partial charge in [0.25, 0.3) is 5.91 Å². The Morgan fingerprint density at radius 3 is 2.54 bits per heavy atom. The molecule has 0 aliphatic heterocycles. The molecule has 1 aromatic rings. The standard InChI is InChI=1S/C14H15ClF3N3O3/c1-8(20-21-13(23)7-24-2)5-12(22)19-11-6-9(14(16,17)18)3-4-10(11)15/h3-4,6H,5,7H2,1-2H3,(H,19,22)(H,21,23)/b20-8-. The summed E-state index contributed by atoms with van der Waals surface area (Å²) in [5.74, 6) is -1.13. The predicted octanol–water partition coefficient (Wildman–Crippen LogP) is 2.83. The summed E-state index contributed by atoms with van der Waals surface area (Å²) < 4.78 is 42.6. The van der Waals surface area contributed by atoms with Crippen molar-refractivity contribution in [2.45, 2.75) is 19.5 Å². The van der Waals surface area contributed by atoms with Crippen LogP contribution in [-0.4, -0.2) is 31.2 Å². The normalized spacial score (nSPS) is 12.0. The van der Waals surface area contributed by atoms with Crippen molar-refractivity contribution in [3.63, 3.8) is 0 Å². The summed E-state index contributed by atoms with van der Waals surface area (Å²) in [4.78, 5) is 23.0. The lowest BCUT2D eigenvalue weighted by Crippen LogP contribution is -2.24. The molecule has 132 valence electrons. The van der Waals surface area contributed by atoms with Crippen molar-refractivity contribution in [2.75, 3.05) is 19.0 Å². The molecule has 0 unspecified atom stereocenters. The quantitative estimate of drug-likeness (QED) is 0.601. The monoisotopic (exact) mass is 365 g/mol. The van der Waals surface area contributed by atoms with E-state index in [0.717, 1.165) is 18.2 Å². The van der Waals surface area contributed by atoms with Gasteiger partial charge >= 0.3 is 6.18 Å². The van der Waals surface area contributed by atoms with Crippen molar-refractivity contribution in [3.8, 4) is 0 Å². The highest BCUT2D eigenvalue weighted by Crippen LogP contribution is 2.33.